The summed E-state index contributed by atoms with van der Waals surface area (Å²) in [6, 6.07) is 12.1. The van der Waals surface area contributed by atoms with Gasteiger partial charge in [0.2, 0.25) is 5.16 Å². The van der Waals surface area contributed by atoms with E-state index in [2.05, 4.69) is 15.2 Å². The van der Waals surface area contributed by atoms with Gasteiger partial charge in [0.15, 0.2) is 5.82 Å². The van der Waals surface area contributed by atoms with Crippen molar-refractivity contribution in [2.75, 3.05) is 14.2 Å². The van der Waals surface area contributed by atoms with Crippen molar-refractivity contribution in [3.05, 3.63) is 53.8 Å². The minimum absolute atomic E-state index is 0.224. The summed E-state index contributed by atoms with van der Waals surface area (Å²) in [6.45, 7) is 0. The van der Waals surface area contributed by atoms with Crippen molar-refractivity contribution in [3.63, 3.8) is 0 Å². The second-order valence-electron chi connectivity index (χ2n) is 4.91. The molecule has 0 saturated carbocycles. The monoisotopic (exact) mass is 345 g/mol. The molecule has 0 saturated heterocycles. The molecule has 0 bridgehead atoms. The summed E-state index contributed by atoms with van der Waals surface area (Å²) in [5, 5.41) is 7.61. The molecule has 24 heavy (non-hydrogen) atoms. The van der Waals surface area contributed by atoms with Gasteiger partial charge < -0.3 is 9.47 Å². The maximum absolute atomic E-state index is 13.6. The van der Waals surface area contributed by atoms with E-state index in [4.69, 9.17) is 9.47 Å². The lowest BCUT2D eigenvalue weighted by molar-refractivity contribution is 0.395. The van der Waals surface area contributed by atoms with Crippen LogP contribution < -0.4 is 9.47 Å². The standard InChI is InChI=1S/C17H16FN3O2S/c1-22-12-7-8-13(15(9-12)23-2)16-19-17(21-20-16)24-10-11-5-3-4-6-14(11)18/h3-9H,10H2,1-2H3,(H,19,20,21). The lowest BCUT2D eigenvalue weighted by Gasteiger charge is -2.07. The Morgan fingerprint density at radius 3 is 2.71 bits per heavy atom. The number of aromatic nitrogens is 3. The Hall–Kier alpha value is -2.54. The van der Waals surface area contributed by atoms with Crippen LogP contribution in [-0.2, 0) is 5.75 Å². The molecule has 2 aromatic carbocycles. The lowest BCUT2D eigenvalue weighted by atomic mass is 10.2. The zero-order valence-electron chi connectivity index (χ0n) is 13.2. The predicted molar refractivity (Wildman–Crippen MR) is 90.9 cm³/mol. The predicted octanol–water partition coefficient (Wildman–Crippen LogP) is 3.92. The summed E-state index contributed by atoms with van der Waals surface area (Å²) >= 11 is 1.37. The minimum Gasteiger partial charge on any atom is -0.497 e. The second-order valence-corrected chi connectivity index (χ2v) is 5.86. The van der Waals surface area contributed by atoms with Gasteiger partial charge in [-0.15, -0.1) is 5.10 Å². The molecule has 3 aromatic rings. The fraction of sp³-hybridized carbons (Fsp3) is 0.176. The minimum atomic E-state index is -0.224. The van der Waals surface area contributed by atoms with Crippen LogP contribution in [0.25, 0.3) is 11.4 Å². The van der Waals surface area contributed by atoms with E-state index in [0.717, 1.165) is 5.56 Å². The van der Waals surface area contributed by atoms with E-state index in [-0.39, 0.29) is 5.82 Å². The van der Waals surface area contributed by atoms with Crippen LogP contribution in [0.5, 0.6) is 11.5 Å². The quantitative estimate of drug-likeness (QED) is 0.686. The first-order valence-corrected chi connectivity index (χ1v) is 8.21. The van der Waals surface area contributed by atoms with Crippen molar-refractivity contribution < 1.29 is 13.9 Å². The topological polar surface area (TPSA) is 60.0 Å². The maximum Gasteiger partial charge on any atom is 0.209 e. The SMILES string of the molecule is COc1ccc(-c2nc(SCc3ccccc3F)n[nH]2)c(OC)c1. The van der Waals surface area contributed by atoms with Crippen molar-refractivity contribution in [1.29, 1.82) is 0 Å². The van der Waals surface area contributed by atoms with E-state index in [0.29, 0.717) is 33.8 Å². The third kappa shape index (κ3) is 3.51. The van der Waals surface area contributed by atoms with Crippen LogP contribution in [0.15, 0.2) is 47.6 Å². The summed E-state index contributed by atoms with van der Waals surface area (Å²) in [4.78, 5) is 4.44. The summed E-state index contributed by atoms with van der Waals surface area (Å²) in [7, 11) is 3.18. The smallest absolute Gasteiger partial charge is 0.209 e. The Kier molecular flexibility index (Phi) is 5.00. The van der Waals surface area contributed by atoms with Crippen molar-refractivity contribution >= 4 is 11.8 Å². The first kappa shape index (κ1) is 16.3. The van der Waals surface area contributed by atoms with Crippen LogP contribution in [0.2, 0.25) is 0 Å². The van der Waals surface area contributed by atoms with Gasteiger partial charge in [0.25, 0.3) is 0 Å². The molecule has 0 aliphatic heterocycles. The van der Waals surface area contributed by atoms with E-state index >= 15 is 0 Å². The van der Waals surface area contributed by atoms with E-state index in [1.54, 1.807) is 32.4 Å². The molecule has 0 radical (unpaired) electrons. The Labute approximate surface area is 143 Å². The van der Waals surface area contributed by atoms with Crippen LogP contribution in [0, 0.1) is 5.82 Å². The number of halogens is 1. The molecule has 1 heterocycles. The zero-order chi connectivity index (χ0) is 16.9. The first-order chi connectivity index (χ1) is 11.7. The van der Waals surface area contributed by atoms with Crippen molar-refractivity contribution in [2.24, 2.45) is 0 Å². The van der Waals surface area contributed by atoms with Gasteiger partial charge in [-0.05, 0) is 23.8 Å². The number of nitrogens with one attached hydrogen (secondary N) is 1. The number of ether oxygens (including phenoxy) is 2. The third-order valence-electron chi connectivity index (χ3n) is 3.44. The van der Waals surface area contributed by atoms with Gasteiger partial charge in [-0.3, -0.25) is 5.10 Å². The van der Waals surface area contributed by atoms with Crippen LogP contribution in [0.4, 0.5) is 4.39 Å². The van der Waals surface area contributed by atoms with Crippen LogP contribution in [0.1, 0.15) is 5.56 Å². The van der Waals surface area contributed by atoms with E-state index < -0.39 is 0 Å². The molecule has 124 valence electrons. The molecule has 0 aliphatic carbocycles. The highest BCUT2D eigenvalue weighted by molar-refractivity contribution is 7.98. The summed E-state index contributed by atoms with van der Waals surface area (Å²) < 4.78 is 24.2. The summed E-state index contributed by atoms with van der Waals surface area (Å²) in [5.41, 5.74) is 1.40. The fourth-order valence-electron chi connectivity index (χ4n) is 2.18. The number of nitrogens with zero attached hydrogens (tertiary/aromatic N) is 2. The van der Waals surface area contributed by atoms with Gasteiger partial charge in [0.1, 0.15) is 17.3 Å². The third-order valence-corrected chi connectivity index (χ3v) is 4.34. The van der Waals surface area contributed by atoms with Gasteiger partial charge in [0.05, 0.1) is 19.8 Å². The van der Waals surface area contributed by atoms with Gasteiger partial charge in [-0.25, -0.2) is 9.37 Å². The largest absolute Gasteiger partial charge is 0.497 e. The van der Waals surface area contributed by atoms with Gasteiger partial charge in [-0.1, -0.05) is 30.0 Å². The molecule has 0 unspecified atom stereocenters. The summed E-state index contributed by atoms with van der Waals surface area (Å²) in [5.74, 6) is 2.16. The molecular weight excluding hydrogens is 329 g/mol. The van der Waals surface area contributed by atoms with Crippen molar-refractivity contribution in [3.8, 4) is 22.9 Å². The molecule has 0 spiro atoms. The number of thioether (sulfide) groups is 1. The Morgan fingerprint density at radius 1 is 1.12 bits per heavy atom. The van der Waals surface area contributed by atoms with E-state index in [9.17, 15) is 4.39 Å². The van der Waals surface area contributed by atoms with Gasteiger partial charge in [0, 0.05) is 11.8 Å². The molecule has 7 heteroatoms. The number of methoxy groups -OCH3 is 2. The molecule has 1 aromatic heterocycles. The second kappa shape index (κ2) is 7.35. The van der Waals surface area contributed by atoms with Crippen molar-refractivity contribution in [2.45, 2.75) is 10.9 Å². The van der Waals surface area contributed by atoms with Crippen LogP contribution in [-0.4, -0.2) is 29.4 Å². The molecule has 1 N–H and O–H groups in total. The van der Waals surface area contributed by atoms with Gasteiger partial charge in [-0.2, -0.15) is 0 Å². The zero-order valence-corrected chi connectivity index (χ0v) is 14.1. The lowest BCUT2D eigenvalue weighted by Crippen LogP contribution is -1.91. The molecule has 5 nitrogen and oxygen atoms in total. The highest BCUT2D eigenvalue weighted by Gasteiger charge is 2.13. The fourth-order valence-corrected chi connectivity index (χ4v) is 2.97. The average molecular weight is 345 g/mol. The Morgan fingerprint density at radius 2 is 1.96 bits per heavy atom. The summed E-state index contributed by atoms with van der Waals surface area (Å²) in [6.07, 6.45) is 0. The number of benzene rings is 2. The molecule has 0 amide bonds. The van der Waals surface area contributed by atoms with E-state index in [1.807, 2.05) is 18.2 Å². The number of H-pyrrole nitrogens is 1. The molecule has 3 rings (SSSR count). The van der Waals surface area contributed by atoms with Crippen LogP contribution >= 0.6 is 11.8 Å². The van der Waals surface area contributed by atoms with Gasteiger partial charge >= 0.3 is 0 Å². The number of hydrogen-bond donors (Lipinski definition) is 1. The maximum atomic E-state index is 13.6. The number of rotatable bonds is 6. The molecule has 0 atom stereocenters. The van der Waals surface area contributed by atoms with Crippen LogP contribution in [0.3, 0.4) is 0 Å². The first-order valence-electron chi connectivity index (χ1n) is 7.22. The highest BCUT2D eigenvalue weighted by atomic mass is 32.2. The normalized spacial score (nSPS) is 10.6. The molecule has 0 aliphatic rings. The highest BCUT2D eigenvalue weighted by Crippen LogP contribution is 2.32. The number of aromatic amines is 1. The molecular formula is C17H16FN3O2S. The Bertz CT molecular complexity index is 838. The van der Waals surface area contributed by atoms with Crippen molar-refractivity contribution in [1.82, 2.24) is 15.2 Å². The Balaban J connectivity index is 1.77. The van der Waals surface area contributed by atoms with E-state index in [1.165, 1.54) is 17.8 Å². The number of hydrogen-bond acceptors (Lipinski definition) is 5. The molecule has 0 fully saturated rings. The average Bonchev–Trinajstić information content (AvgIpc) is 3.09.